The number of esters is 1. The van der Waals surface area contributed by atoms with Crippen LogP contribution in [-0.4, -0.2) is 42.8 Å². The van der Waals surface area contributed by atoms with E-state index in [2.05, 4.69) is 5.32 Å². The molecule has 0 aliphatic carbocycles. The first kappa shape index (κ1) is 23.3. The topological polar surface area (TPSA) is 102 Å². The van der Waals surface area contributed by atoms with Gasteiger partial charge in [0.1, 0.15) is 11.8 Å². The van der Waals surface area contributed by atoms with E-state index in [-0.39, 0.29) is 31.8 Å². The molecule has 1 aliphatic heterocycles. The van der Waals surface area contributed by atoms with Gasteiger partial charge in [-0.3, -0.25) is 24.1 Å². The number of carbonyl (C=O) groups excluding carboxylic acids is 4. The van der Waals surface area contributed by atoms with Crippen molar-refractivity contribution in [1.29, 1.82) is 0 Å². The summed E-state index contributed by atoms with van der Waals surface area (Å²) in [6.45, 7) is 3.29. The number of ether oxygens (including phenoxy) is 2. The summed E-state index contributed by atoms with van der Waals surface area (Å²) in [6, 6.07) is 10.5. The molecule has 32 heavy (non-hydrogen) atoms. The Morgan fingerprint density at radius 3 is 2.66 bits per heavy atom. The van der Waals surface area contributed by atoms with Crippen molar-refractivity contribution in [2.24, 2.45) is 0 Å². The number of fused-ring (bicyclic) bond motifs is 1. The molecule has 1 heterocycles. The van der Waals surface area contributed by atoms with Crippen molar-refractivity contribution in [3.63, 3.8) is 0 Å². The fourth-order valence-electron chi connectivity index (χ4n) is 3.28. The molecule has 0 saturated heterocycles. The monoisotopic (exact) mass is 458 g/mol. The highest BCUT2D eigenvalue weighted by molar-refractivity contribution is 6.33. The van der Waals surface area contributed by atoms with E-state index in [1.165, 1.54) is 11.0 Å². The first-order chi connectivity index (χ1) is 15.3. The Bertz CT molecular complexity index is 1050. The van der Waals surface area contributed by atoms with E-state index in [9.17, 15) is 19.2 Å². The first-order valence-electron chi connectivity index (χ1n) is 10.1. The minimum absolute atomic E-state index is 0.0328. The summed E-state index contributed by atoms with van der Waals surface area (Å²) in [7, 11) is 0. The molecule has 0 bridgehead atoms. The fraction of sp³-hybridized carbons (Fsp3) is 0.304. The van der Waals surface area contributed by atoms with Gasteiger partial charge in [0.05, 0.1) is 29.4 Å². The number of rotatable bonds is 8. The molecule has 0 saturated carbocycles. The molecular formula is C23H23ClN2O6. The first-order valence-corrected chi connectivity index (χ1v) is 10.5. The van der Waals surface area contributed by atoms with Crippen LogP contribution in [0.3, 0.4) is 0 Å². The molecule has 2 aromatic carbocycles. The van der Waals surface area contributed by atoms with Crippen LogP contribution in [0.1, 0.15) is 37.0 Å². The van der Waals surface area contributed by atoms with Crippen LogP contribution in [-0.2, 0) is 19.1 Å². The number of Topliss-reactive ketones (excluding diaryl/α,β-unsaturated/α-hetero) is 1. The molecule has 1 atom stereocenters. The number of nitrogens with one attached hydrogen (secondary N) is 1. The summed E-state index contributed by atoms with van der Waals surface area (Å²) in [6.07, 6.45) is -0.0749. The largest absolute Gasteiger partial charge is 0.482 e. The SMILES string of the molecule is CCOC(=O)CCC(=O)c1ccc2c(c1)N(C(C)C(=O)Nc1ccccc1Cl)C(=O)CO2. The van der Waals surface area contributed by atoms with E-state index < -0.39 is 23.8 Å². The van der Waals surface area contributed by atoms with Gasteiger partial charge in [-0.1, -0.05) is 23.7 Å². The van der Waals surface area contributed by atoms with Gasteiger partial charge in [-0.15, -0.1) is 0 Å². The smallest absolute Gasteiger partial charge is 0.306 e. The average molecular weight is 459 g/mol. The third-order valence-corrected chi connectivity index (χ3v) is 5.25. The van der Waals surface area contributed by atoms with Gasteiger partial charge in [0.15, 0.2) is 12.4 Å². The number of ketones is 1. The molecule has 2 aromatic rings. The molecule has 0 fully saturated rings. The zero-order valence-electron chi connectivity index (χ0n) is 17.7. The molecule has 168 valence electrons. The molecular weight excluding hydrogens is 436 g/mol. The van der Waals surface area contributed by atoms with Gasteiger partial charge in [-0.2, -0.15) is 0 Å². The van der Waals surface area contributed by atoms with E-state index >= 15 is 0 Å². The number of carbonyl (C=O) groups is 4. The summed E-state index contributed by atoms with van der Waals surface area (Å²) < 4.78 is 10.3. The molecule has 0 spiro atoms. The summed E-state index contributed by atoms with van der Waals surface area (Å²) in [5.41, 5.74) is 1.04. The van der Waals surface area contributed by atoms with Crippen LogP contribution in [0.25, 0.3) is 0 Å². The molecule has 0 aromatic heterocycles. The van der Waals surface area contributed by atoms with Crippen molar-refractivity contribution in [3.05, 3.63) is 53.1 Å². The second-order valence-electron chi connectivity index (χ2n) is 7.11. The predicted molar refractivity (Wildman–Crippen MR) is 119 cm³/mol. The van der Waals surface area contributed by atoms with Gasteiger partial charge in [0, 0.05) is 12.0 Å². The Kier molecular flexibility index (Phi) is 7.48. The molecule has 1 aliphatic rings. The van der Waals surface area contributed by atoms with Gasteiger partial charge in [-0.25, -0.2) is 0 Å². The van der Waals surface area contributed by atoms with Crippen LogP contribution in [0.2, 0.25) is 5.02 Å². The van der Waals surface area contributed by atoms with Crippen LogP contribution < -0.4 is 15.0 Å². The van der Waals surface area contributed by atoms with Crippen molar-refractivity contribution in [3.8, 4) is 5.75 Å². The quantitative estimate of drug-likeness (QED) is 0.479. The molecule has 1 unspecified atom stereocenters. The minimum atomic E-state index is -0.897. The lowest BCUT2D eigenvalue weighted by Gasteiger charge is -2.33. The highest BCUT2D eigenvalue weighted by Gasteiger charge is 2.34. The predicted octanol–water partition coefficient (Wildman–Crippen LogP) is 3.62. The maximum Gasteiger partial charge on any atom is 0.306 e. The summed E-state index contributed by atoms with van der Waals surface area (Å²) >= 11 is 6.11. The number of nitrogens with zero attached hydrogens (tertiary/aromatic N) is 1. The fourth-order valence-corrected chi connectivity index (χ4v) is 3.46. The standard InChI is InChI=1S/C23H23ClN2O6/c1-3-31-22(29)11-9-19(27)15-8-10-20-18(12-15)26(21(28)13-32-20)14(2)23(30)25-17-7-5-4-6-16(17)24/h4-8,10,12,14H,3,9,11,13H2,1-2H3,(H,25,30). The highest BCUT2D eigenvalue weighted by atomic mass is 35.5. The number of hydrogen-bond acceptors (Lipinski definition) is 6. The van der Waals surface area contributed by atoms with E-state index in [0.717, 1.165) is 0 Å². The third-order valence-electron chi connectivity index (χ3n) is 4.92. The lowest BCUT2D eigenvalue weighted by atomic mass is 10.0. The Labute approximate surface area is 190 Å². The molecule has 9 heteroatoms. The number of para-hydroxylation sites is 1. The average Bonchev–Trinajstić information content (AvgIpc) is 2.78. The van der Waals surface area contributed by atoms with Gasteiger partial charge in [0.25, 0.3) is 5.91 Å². The third kappa shape index (κ3) is 5.26. The normalized spacial score (nSPS) is 13.6. The Hall–Kier alpha value is -3.39. The van der Waals surface area contributed by atoms with Crippen LogP contribution in [0.4, 0.5) is 11.4 Å². The lowest BCUT2D eigenvalue weighted by Crippen LogP contribution is -2.49. The Morgan fingerprint density at radius 2 is 1.94 bits per heavy atom. The van der Waals surface area contributed by atoms with E-state index in [4.69, 9.17) is 21.1 Å². The maximum atomic E-state index is 12.9. The van der Waals surface area contributed by atoms with Crippen molar-refractivity contribution >= 4 is 46.5 Å². The van der Waals surface area contributed by atoms with Gasteiger partial charge in [0.2, 0.25) is 5.91 Å². The minimum Gasteiger partial charge on any atom is -0.482 e. The van der Waals surface area contributed by atoms with Crippen molar-refractivity contribution in [2.45, 2.75) is 32.7 Å². The van der Waals surface area contributed by atoms with E-state index in [0.29, 0.717) is 27.7 Å². The summed E-state index contributed by atoms with van der Waals surface area (Å²) in [5, 5.41) is 3.09. The molecule has 8 nitrogen and oxygen atoms in total. The second kappa shape index (κ2) is 10.3. The Balaban J connectivity index is 1.81. The number of halogens is 1. The number of benzene rings is 2. The van der Waals surface area contributed by atoms with Gasteiger partial charge in [-0.05, 0) is 44.2 Å². The van der Waals surface area contributed by atoms with Crippen molar-refractivity contribution in [2.75, 3.05) is 23.4 Å². The van der Waals surface area contributed by atoms with Gasteiger partial charge >= 0.3 is 5.97 Å². The van der Waals surface area contributed by atoms with Crippen LogP contribution in [0, 0.1) is 0 Å². The molecule has 2 amide bonds. The highest BCUT2D eigenvalue weighted by Crippen LogP contribution is 2.35. The second-order valence-corrected chi connectivity index (χ2v) is 7.52. The maximum absolute atomic E-state index is 12.9. The van der Waals surface area contributed by atoms with Crippen molar-refractivity contribution in [1.82, 2.24) is 0 Å². The van der Waals surface area contributed by atoms with Crippen molar-refractivity contribution < 1.29 is 28.7 Å². The zero-order valence-corrected chi connectivity index (χ0v) is 18.5. The van der Waals surface area contributed by atoms with Crippen LogP contribution >= 0.6 is 11.6 Å². The number of hydrogen-bond donors (Lipinski definition) is 1. The van der Waals surface area contributed by atoms with Gasteiger partial charge < -0.3 is 14.8 Å². The van der Waals surface area contributed by atoms with Crippen LogP contribution in [0.15, 0.2) is 42.5 Å². The lowest BCUT2D eigenvalue weighted by molar-refractivity contribution is -0.143. The summed E-state index contributed by atoms with van der Waals surface area (Å²) in [5.74, 6) is -1.23. The van der Waals surface area contributed by atoms with E-state index in [1.807, 2.05) is 0 Å². The van der Waals surface area contributed by atoms with Crippen LogP contribution in [0.5, 0.6) is 5.75 Å². The molecule has 1 N–H and O–H groups in total. The van der Waals surface area contributed by atoms with E-state index in [1.54, 1.807) is 50.2 Å². The number of amides is 2. The summed E-state index contributed by atoms with van der Waals surface area (Å²) in [4.78, 5) is 50.9. The molecule has 0 radical (unpaired) electrons. The molecule has 3 rings (SSSR count). The Morgan fingerprint density at radius 1 is 1.19 bits per heavy atom. The zero-order chi connectivity index (χ0) is 23.3. The number of anilines is 2.